The second-order valence-corrected chi connectivity index (χ2v) is 3.10. The molecule has 0 aromatic rings. The van der Waals surface area contributed by atoms with Crippen LogP contribution in [-0.2, 0) is 4.79 Å². The van der Waals surface area contributed by atoms with E-state index >= 15 is 0 Å². The number of rotatable bonds is 4. The van der Waals surface area contributed by atoms with E-state index in [-0.39, 0.29) is 24.7 Å². The van der Waals surface area contributed by atoms with E-state index in [0.29, 0.717) is 19.6 Å². The highest BCUT2D eigenvalue weighted by molar-refractivity contribution is 5.85. The van der Waals surface area contributed by atoms with Crippen molar-refractivity contribution >= 4 is 18.3 Å². The molecule has 0 aliphatic carbocycles. The van der Waals surface area contributed by atoms with Gasteiger partial charge in [-0.05, 0) is 0 Å². The van der Waals surface area contributed by atoms with Crippen LogP contribution in [0.3, 0.4) is 0 Å². The highest BCUT2D eigenvalue weighted by atomic mass is 35.5. The molecule has 76 valence electrons. The quantitative estimate of drug-likeness (QED) is 0.541. The molecule has 1 heterocycles. The Morgan fingerprint density at radius 3 is 2.69 bits per heavy atom. The van der Waals surface area contributed by atoms with E-state index < -0.39 is 5.60 Å². The summed E-state index contributed by atoms with van der Waals surface area (Å²) in [6.07, 6.45) is 1.79. The van der Waals surface area contributed by atoms with Gasteiger partial charge in [-0.15, -0.1) is 19.0 Å². The molecule has 0 saturated carbocycles. The molecule has 1 aliphatic heterocycles. The van der Waals surface area contributed by atoms with Crippen LogP contribution in [-0.4, -0.2) is 36.2 Å². The molecule has 0 atom stereocenters. The van der Waals surface area contributed by atoms with Crippen molar-refractivity contribution in [3.63, 3.8) is 0 Å². The highest BCUT2D eigenvalue weighted by Gasteiger charge is 2.36. The summed E-state index contributed by atoms with van der Waals surface area (Å²) in [4.78, 5) is 11.1. The second-order valence-electron chi connectivity index (χ2n) is 3.10. The van der Waals surface area contributed by atoms with Crippen LogP contribution in [0, 0.1) is 0 Å². The first-order chi connectivity index (χ1) is 5.66. The molecule has 0 radical (unpaired) electrons. The number of nitrogens with one attached hydrogen (secondary N) is 2. The van der Waals surface area contributed by atoms with E-state index in [1.54, 1.807) is 6.08 Å². The van der Waals surface area contributed by atoms with Crippen LogP contribution in [0.15, 0.2) is 12.7 Å². The number of carbonyl (C=O) groups excluding carboxylic acids is 1. The van der Waals surface area contributed by atoms with Gasteiger partial charge in [-0.25, -0.2) is 0 Å². The monoisotopic (exact) mass is 206 g/mol. The Kier molecular flexibility index (Phi) is 4.98. The fourth-order valence-corrected chi connectivity index (χ4v) is 1.09. The summed E-state index contributed by atoms with van der Waals surface area (Å²) < 4.78 is 0. The van der Waals surface area contributed by atoms with Crippen molar-refractivity contribution in [1.29, 1.82) is 0 Å². The zero-order valence-electron chi connectivity index (χ0n) is 7.38. The van der Waals surface area contributed by atoms with Gasteiger partial charge in [0, 0.05) is 19.6 Å². The van der Waals surface area contributed by atoms with Crippen molar-refractivity contribution in [2.75, 3.05) is 19.6 Å². The highest BCUT2D eigenvalue weighted by Crippen LogP contribution is 2.14. The smallest absolute Gasteiger partial charge is 0.223 e. The Labute approximate surface area is 83.8 Å². The van der Waals surface area contributed by atoms with E-state index in [4.69, 9.17) is 0 Å². The first-order valence-electron chi connectivity index (χ1n) is 3.97. The van der Waals surface area contributed by atoms with Gasteiger partial charge < -0.3 is 15.7 Å². The maximum absolute atomic E-state index is 11.1. The van der Waals surface area contributed by atoms with Gasteiger partial charge in [0.1, 0.15) is 0 Å². The molecule has 0 bridgehead atoms. The molecule has 1 amide bonds. The van der Waals surface area contributed by atoms with Gasteiger partial charge in [0.2, 0.25) is 5.91 Å². The molecule has 3 N–H and O–H groups in total. The normalized spacial score (nSPS) is 17.9. The zero-order valence-corrected chi connectivity index (χ0v) is 8.19. The van der Waals surface area contributed by atoms with Gasteiger partial charge in [0.05, 0.1) is 12.0 Å². The van der Waals surface area contributed by atoms with Crippen molar-refractivity contribution in [3.8, 4) is 0 Å². The predicted molar refractivity (Wildman–Crippen MR) is 52.9 cm³/mol. The third-order valence-corrected chi connectivity index (χ3v) is 1.84. The average molecular weight is 207 g/mol. The molecule has 0 unspecified atom stereocenters. The average Bonchev–Trinajstić information content (AvgIpc) is 1.98. The van der Waals surface area contributed by atoms with Gasteiger partial charge >= 0.3 is 0 Å². The molecule has 0 aromatic heterocycles. The van der Waals surface area contributed by atoms with Crippen LogP contribution >= 0.6 is 12.4 Å². The summed E-state index contributed by atoms with van der Waals surface area (Å²) in [6.45, 7) is 4.95. The van der Waals surface area contributed by atoms with E-state index in [1.165, 1.54) is 0 Å². The summed E-state index contributed by atoms with van der Waals surface area (Å²) in [6, 6.07) is 0. The number of hydrogen-bond acceptors (Lipinski definition) is 3. The molecule has 1 rings (SSSR count). The fourth-order valence-electron chi connectivity index (χ4n) is 1.09. The van der Waals surface area contributed by atoms with E-state index in [2.05, 4.69) is 17.2 Å². The Morgan fingerprint density at radius 1 is 1.69 bits per heavy atom. The molecule has 1 aliphatic rings. The third kappa shape index (κ3) is 3.76. The minimum atomic E-state index is -0.814. The van der Waals surface area contributed by atoms with Gasteiger partial charge in [-0.3, -0.25) is 4.79 Å². The predicted octanol–water partition coefficient (Wildman–Crippen LogP) is -0.565. The number of amides is 1. The molecule has 0 aromatic carbocycles. The summed E-state index contributed by atoms with van der Waals surface area (Å²) >= 11 is 0. The maximum atomic E-state index is 11.1. The summed E-state index contributed by atoms with van der Waals surface area (Å²) in [5.74, 6) is -0.126. The van der Waals surface area contributed by atoms with Gasteiger partial charge in [-0.2, -0.15) is 0 Å². The lowest BCUT2D eigenvalue weighted by molar-refractivity contribution is -0.128. The number of carbonyl (C=O) groups is 1. The lowest BCUT2D eigenvalue weighted by Gasteiger charge is -2.36. The standard InChI is InChI=1S/C8H14N2O2.ClH/c1-2-3-10-7(11)4-8(12)5-9-6-8;/h2,9,12H,1,3-6H2,(H,10,11);1H. The molecular weight excluding hydrogens is 192 g/mol. The molecule has 13 heavy (non-hydrogen) atoms. The molecule has 4 nitrogen and oxygen atoms in total. The molecule has 0 spiro atoms. The lowest BCUT2D eigenvalue weighted by Crippen LogP contribution is -2.61. The van der Waals surface area contributed by atoms with Gasteiger partial charge in [0.25, 0.3) is 0 Å². The first kappa shape index (κ1) is 12.4. The Bertz CT molecular complexity index is 193. The Balaban J connectivity index is 0.00000144. The van der Waals surface area contributed by atoms with Crippen LogP contribution in [0.25, 0.3) is 0 Å². The molecule has 5 heteroatoms. The van der Waals surface area contributed by atoms with Crippen LogP contribution in [0.4, 0.5) is 0 Å². The van der Waals surface area contributed by atoms with Crippen molar-refractivity contribution in [2.45, 2.75) is 12.0 Å². The first-order valence-corrected chi connectivity index (χ1v) is 3.97. The number of hydrogen-bond donors (Lipinski definition) is 3. The molecule has 1 fully saturated rings. The van der Waals surface area contributed by atoms with Crippen molar-refractivity contribution in [3.05, 3.63) is 12.7 Å². The van der Waals surface area contributed by atoms with Crippen LogP contribution in [0.1, 0.15) is 6.42 Å². The van der Waals surface area contributed by atoms with E-state index in [9.17, 15) is 9.90 Å². The number of halogens is 1. The van der Waals surface area contributed by atoms with E-state index in [0.717, 1.165) is 0 Å². The van der Waals surface area contributed by atoms with Crippen LogP contribution < -0.4 is 10.6 Å². The van der Waals surface area contributed by atoms with Crippen molar-refractivity contribution in [1.82, 2.24) is 10.6 Å². The fraction of sp³-hybridized carbons (Fsp3) is 0.625. The maximum Gasteiger partial charge on any atom is 0.223 e. The van der Waals surface area contributed by atoms with Crippen molar-refractivity contribution < 1.29 is 9.90 Å². The summed E-state index contributed by atoms with van der Waals surface area (Å²) in [5.41, 5.74) is -0.814. The van der Waals surface area contributed by atoms with Crippen LogP contribution in [0.2, 0.25) is 0 Å². The number of aliphatic hydroxyl groups is 1. The number of β-amino-alcohol motifs (C(OH)–C–C–N with tert-alkyl or cyclic N) is 1. The molecule has 1 saturated heterocycles. The van der Waals surface area contributed by atoms with Gasteiger partial charge in [0.15, 0.2) is 0 Å². The lowest BCUT2D eigenvalue weighted by atomic mass is 9.93. The van der Waals surface area contributed by atoms with Crippen LogP contribution in [0.5, 0.6) is 0 Å². The summed E-state index contributed by atoms with van der Waals surface area (Å²) in [5, 5.41) is 15.1. The van der Waals surface area contributed by atoms with Gasteiger partial charge in [-0.1, -0.05) is 6.08 Å². The second kappa shape index (κ2) is 5.21. The Morgan fingerprint density at radius 2 is 2.31 bits per heavy atom. The topological polar surface area (TPSA) is 61.4 Å². The van der Waals surface area contributed by atoms with Crippen molar-refractivity contribution in [2.24, 2.45) is 0 Å². The SMILES string of the molecule is C=CCNC(=O)CC1(O)CNC1.Cl. The van der Waals surface area contributed by atoms with E-state index in [1.807, 2.05) is 0 Å². The Hall–Kier alpha value is -0.580. The third-order valence-electron chi connectivity index (χ3n) is 1.84. The largest absolute Gasteiger partial charge is 0.387 e. The molecular formula is C8H15ClN2O2. The minimum absolute atomic E-state index is 0. The zero-order chi connectivity index (χ0) is 9.03. The minimum Gasteiger partial charge on any atom is -0.387 e. The summed E-state index contributed by atoms with van der Waals surface area (Å²) in [7, 11) is 0.